The zero-order chi connectivity index (χ0) is 6.85. The largest absolute Gasteiger partial charge is 0.390 e. The van der Waals surface area contributed by atoms with Gasteiger partial charge >= 0.3 is 0 Å². The Morgan fingerprint density at radius 3 is 2.33 bits per heavy atom. The molecular formula is C5H10O4. The molecule has 3 N–H and O–H groups in total. The Hall–Kier alpha value is -0.160. The van der Waals surface area contributed by atoms with E-state index in [-0.39, 0.29) is 0 Å². The first-order valence-electron chi connectivity index (χ1n) is 2.87. The van der Waals surface area contributed by atoms with Crippen LogP contribution >= 0.6 is 0 Å². The molecule has 0 aromatic carbocycles. The van der Waals surface area contributed by atoms with Crippen molar-refractivity contribution in [2.45, 2.75) is 24.9 Å². The van der Waals surface area contributed by atoms with Crippen LogP contribution in [0.1, 0.15) is 6.42 Å². The van der Waals surface area contributed by atoms with E-state index in [4.69, 9.17) is 15.3 Å². The Balaban J connectivity index is 2.41. The Kier molecular flexibility index (Phi) is 2.02. The Morgan fingerprint density at radius 1 is 1.22 bits per heavy atom. The van der Waals surface area contributed by atoms with Crippen molar-refractivity contribution in [3.8, 4) is 0 Å². The summed E-state index contributed by atoms with van der Waals surface area (Å²) in [4.78, 5) is 0. The lowest BCUT2D eigenvalue weighted by Crippen LogP contribution is -2.44. The van der Waals surface area contributed by atoms with E-state index in [0.29, 0.717) is 13.0 Å². The van der Waals surface area contributed by atoms with E-state index in [1.807, 2.05) is 0 Å². The molecule has 4 nitrogen and oxygen atoms in total. The third kappa shape index (κ3) is 1.40. The third-order valence-electron chi connectivity index (χ3n) is 1.39. The Labute approximate surface area is 52.7 Å². The van der Waals surface area contributed by atoms with Crippen molar-refractivity contribution in [1.82, 2.24) is 0 Å². The van der Waals surface area contributed by atoms with Crippen LogP contribution in [0.2, 0.25) is 0 Å². The van der Waals surface area contributed by atoms with Crippen LogP contribution in [0.15, 0.2) is 0 Å². The first kappa shape index (κ1) is 6.95. The molecule has 1 aliphatic heterocycles. The quantitative estimate of drug-likeness (QED) is 0.375. The van der Waals surface area contributed by atoms with Gasteiger partial charge in [0.2, 0.25) is 0 Å². The molecule has 1 heterocycles. The van der Waals surface area contributed by atoms with Crippen molar-refractivity contribution >= 4 is 0 Å². The van der Waals surface area contributed by atoms with Crippen molar-refractivity contribution in [2.75, 3.05) is 6.61 Å². The maximum atomic E-state index is 8.86. The molecule has 1 rings (SSSR count). The van der Waals surface area contributed by atoms with E-state index < -0.39 is 18.5 Å². The van der Waals surface area contributed by atoms with Crippen molar-refractivity contribution in [3.05, 3.63) is 0 Å². The fourth-order valence-corrected chi connectivity index (χ4v) is 0.769. The van der Waals surface area contributed by atoms with Crippen molar-refractivity contribution < 1.29 is 20.1 Å². The molecule has 0 amide bonds. The van der Waals surface area contributed by atoms with Gasteiger partial charge in [0.05, 0.1) is 12.7 Å². The van der Waals surface area contributed by atoms with Crippen LogP contribution in [-0.4, -0.2) is 40.4 Å². The van der Waals surface area contributed by atoms with Crippen molar-refractivity contribution in [3.63, 3.8) is 0 Å². The summed E-state index contributed by atoms with van der Waals surface area (Å²) >= 11 is 0. The first-order chi connectivity index (χ1) is 4.22. The van der Waals surface area contributed by atoms with E-state index in [9.17, 15) is 0 Å². The summed E-state index contributed by atoms with van der Waals surface area (Å²) in [5.41, 5.74) is 0. The van der Waals surface area contributed by atoms with Gasteiger partial charge in [0.15, 0.2) is 6.29 Å². The summed E-state index contributed by atoms with van der Waals surface area (Å²) in [7, 11) is 0. The molecule has 0 saturated carbocycles. The molecular weight excluding hydrogens is 124 g/mol. The predicted molar refractivity (Wildman–Crippen MR) is 28.6 cm³/mol. The number of hydrogen-bond donors (Lipinski definition) is 3. The summed E-state index contributed by atoms with van der Waals surface area (Å²) in [5, 5.41) is 26.4. The number of rotatable bonds is 0. The normalized spacial score (nSPS) is 45.0. The van der Waals surface area contributed by atoms with Gasteiger partial charge in [0.1, 0.15) is 6.10 Å². The molecule has 0 unspecified atom stereocenters. The van der Waals surface area contributed by atoms with E-state index in [1.165, 1.54) is 0 Å². The van der Waals surface area contributed by atoms with Gasteiger partial charge in [-0.3, -0.25) is 0 Å². The van der Waals surface area contributed by atoms with Crippen molar-refractivity contribution in [2.24, 2.45) is 0 Å². The second-order valence-corrected chi connectivity index (χ2v) is 2.11. The van der Waals surface area contributed by atoms with Crippen LogP contribution in [0, 0.1) is 0 Å². The van der Waals surface area contributed by atoms with Gasteiger partial charge < -0.3 is 20.1 Å². The van der Waals surface area contributed by atoms with Crippen molar-refractivity contribution in [1.29, 1.82) is 0 Å². The highest BCUT2D eigenvalue weighted by Crippen LogP contribution is 2.11. The average Bonchev–Trinajstić information content (AvgIpc) is 1.83. The highest BCUT2D eigenvalue weighted by molar-refractivity contribution is 4.73. The Bertz CT molecular complexity index is 85.0. The van der Waals surface area contributed by atoms with Gasteiger partial charge in [0.25, 0.3) is 0 Å². The number of aliphatic hydroxyl groups excluding tert-OH is 3. The second kappa shape index (κ2) is 2.62. The smallest absolute Gasteiger partial charge is 0.183 e. The molecule has 54 valence electrons. The van der Waals surface area contributed by atoms with Gasteiger partial charge in [-0.25, -0.2) is 0 Å². The maximum Gasteiger partial charge on any atom is 0.183 e. The van der Waals surface area contributed by atoms with E-state index in [1.54, 1.807) is 0 Å². The molecule has 0 aromatic rings. The standard InChI is InChI=1S/C5H10O4/c6-3-1-2-9-5(8)4(3)7/h3-8H,1-2H2/t3-,4-,5+/m1/s1. The van der Waals surface area contributed by atoms with E-state index in [0.717, 1.165) is 0 Å². The second-order valence-electron chi connectivity index (χ2n) is 2.11. The number of aliphatic hydroxyl groups is 3. The van der Waals surface area contributed by atoms with Crippen LogP contribution in [0.3, 0.4) is 0 Å². The lowest BCUT2D eigenvalue weighted by molar-refractivity contribution is -0.219. The zero-order valence-corrected chi connectivity index (χ0v) is 4.90. The molecule has 0 radical (unpaired) electrons. The molecule has 0 bridgehead atoms. The lowest BCUT2D eigenvalue weighted by Gasteiger charge is -2.27. The van der Waals surface area contributed by atoms with Crippen LogP contribution in [0.4, 0.5) is 0 Å². The third-order valence-corrected chi connectivity index (χ3v) is 1.39. The number of ether oxygens (including phenoxy) is 1. The highest BCUT2D eigenvalue weighted by atomic mass is 16.6. The predicted octanol–water partition coefficient (Wildman–Crippen LogP) is -1.55. The van der Waals surface area contributed by atoms with Crippen LogP contribution < -0.4 is 0 Å². The average molecular weight is 134 g/mol. The molecule has 0 spiro atoms. The summed E-state index contributed by atoms with van der Waals surface area (Å²) in [6.07, 6.45) is -2.81. The maximum absolute atomic E-state index is 8.86. The molecule has 1 aliphatic rings. The van der Waals surface area contributed by atoms with Crippen LogP contribution in [-0.2, 0) is 4.74 Å². The molecule has 1 saturated heterocycles. The fourth-order valence-electron chi connectivity index (χ4n) is 0.769. The van der Waals surface area contributed by atoms with Gasteiger partial charge in [-0.1, -0.05) is 0 Å². The van der Waals surface area contributed by atoms with E-state index in [2.05, 4.69) is 4.74 Å². The summed E-state index contributed by atoms with van der Waals surface area (Å²) < 4.78 is 4.61. The topological polar surface area (TPSA) is 69.9 Å². The molecule has 1 fully saturated rings. The monoisotopic (exact) mass is 134 g/mol. The minimum Gasteiger partial charge on any atom is -0.390 e. The summed E-state index contributed by atoms with van der Waals surface area (Å²) in [6, 6.07) is 0. The SMILES string of the molecule is O[C@@H]1[C@H](O)CCO[C@@H]1O. The summed E-state index contributed by atoms with van der Waals surface area (Å²) in [6.45, 7) is 0.305. The minimum atomic E-state index is -1.21. The minimum absolute atomic E-state index is 0.305. The van der Waals surface area contributed by atoms with Crippen LogP contribution in [0.25, 0.3) is 0 Å². The van der Waals surface area contributed by atoms with Gasteiger partial charge in [-0.05, 0) is 6.42 Å². The fraction of sp³-hybridized carbons (Fsp3) is 1.00. The highest BCUT2D eigenvalue weighted by Gasteiger charge is 2.29. The van der Waals surface area contributed by atoms with Gasteiger partial charge in [-0.15, -0.1) is 0 Å². The molecule has 4 heteroatoms. The summed E-state index contributed by atoms with van der Waals surface area (Å²) in [5.74, 6) is 0. The van der Waals surface area contributed by atoms with E-state index >= 15 is 0 Å². The lowest BCUT2D eigenvalue weighted by atomic mass is 10.1. The van der Waals surface area contributed by atoms with Crippen LogP contribution in [0.5, 0.6) is 0 Å². The van der Waals surface area contributed by atoms with Gasteiger partial charge in [0, 0.05) is 0 Å². The zero-order valence-electron chi connectivity index (χ0n) is 4.90. The molecule has 0 aliphatic carbocycles. The Morgan fingerprint density at radius 2 is 1.89 bits per heavy atom. The molecule has 3 atom stereocenters. The molecule has 0 aromatic heterocycles. The molecule has 9 heavy (non-hydrogen) atoms. The first-order valence-corrected chi connectivity index (χ1v) is 2.87. The number of hydrogen-bond acceptors (Lipinski definition) is 4. The van der Waals surface area contributed by atoms with Gasteiger partial charge in [-0.2, -0.15) is 0 Å².